The van der Waals surface area contributed by atoms with Crippen molar-refractivity contribution in [3.05, 3.63) is 16.8 Å². The molecule has 0 aliphatic heterocycles. The van der Waals surface area contributed by atoms with Gasteiger partial charge in [0.25, 0.3) is 0 Å². The van der Waals surface area contributed by atoms with Crippen molar-refractivity contribution in [2.24, 2.45) is 11.1 Å². The number of nitrogens with zero attached hydrogens (tertiary/aromatic N) is 2. The van der Waals surface area contributed by atoms with Crippen molar-refractivity contribution < 1.29 is 4.79 Å². The number of nitrogens with two attached hydrogens (primary N) is 1. The summed E-state index contributed by atoms with van der Waals surface area (Å²) in [6.07, 6.45) is 6.30. The lowest BCUT2D eigenvalue weighted by molar-refractivity contribution is -0.125. The minimum absolute atomic E-state index is 0.312. The van der Waals surface area contributed by atoms with Gasteiger partial charge in [0.2, 0.25) is 5.91 Å². The van der Waals surface area contributed by atoms with E-state index >= 15 is 0 Å². The molecule has 0 unspecified atom stereocenters. The smallest absolute Gasteiger partial charge is 0.224 e. The van der Waals surface area contributed by atoms with Gasteiger partial charge in [-0.2, -0.15) is 0 Å². The largest absolute Gasteiger partial charge is 0.369 e. The first-order valence-electron chi connectivity index (χ1n) is 7.28. The number of rotatable bonds is 4. The molecule has 2 aromatic rings. The van der Waals surface area contributed by atoms with Gasteiger partial charge >= 0.3 is 0 Å². The number of amides is 1. The van der Waals surface area contributed by atoms with E-state index in [9.17, 15) is 4.79 Å². The van der Waals surface area contributed by atoms with Crippen LogP contribution in [0.25, 0.3) is 10.2 Å². The van der Waals surface area contributed by atoms with Crippen LogP contribution in [0.5, 0.6) is 0 Å². The lowest BCUT2D eigenvalue weighted by Crippen LogP contribution is -2.37. The third kappa shape index (κ3) is 2.60. The Morgan fingerprint density at radius 2 is 2.14 bits per heavy atom. The van der Waals surface area contributed by atoms with Crippen molar-refractivity contribution >= 4 is 33.3 Å². The van der Waals surface area contributed by atoms with Crippen LogP contribution in [0.4, 0.5) is 5.82 Å². The Morgan fingerprint density at radius 1 is 1.38 bits per heavy atom. The Labute approximate surface area is 128 Å². The Balaban J connectivity index is 1.95. The maximum atomic E-state index is 11.4. The fourth-order valence-corrected chi connectivity index (χ4v) is 3.84. The van der Waals surface area contributed by atoms with E-state index in [0.29, 0.717) is 6.54 Å². The molecule has 1 amide bonds. The number of hydrogen-bond acceptors (Lipinski definition) is 5. The number of anilines is 1. The van der Waals surface area contributed by atoms with Gasteiger partial charge in [-0.1, -0.05) is 0 Å². The first kappa shape index (κ1) is 14.3. The van der Waals surface area contributed by atoms with Crippen molar-refractivity contribution in [1.29, 1.82) is 0 Å². The predicted octanol–water partition coefficient (Wildman–Crippen LogP) is 2.49. The van der Waals surface area contributed by atoms with Crippen LogP contribution < -0.4 is 11.1 Å². The average Bonchev–Trinajstić information content (AvgIpc) is 2.84. The van der Waals surface area contributed by atoms with E-state index in [-0.39, 0.29) is 5.91 Å². The zero-order chi connectivity index (χ0) is 15.0. The molecule has 0 aromatic carbocycles. The fourth-order valence-electron chi connectivity index (χ4n) is 2.62. The van der Waals surface area contributed by atoms with E-state index in [2.05, 4.69) is 15.3 Å². The Morgan fingerprint density at radius 3 is 2.90 bits per heavy atom. The molecule has 0 saturated carbocycles. The zero-order valence-electron chi connectivity index (χ0n) is 12.4. The monoisotopic (exact) mass is 304 g/mol. The van der Waals surface area contributed by atoms with E-state index in [0.717, 1.165) is 28.9 Å². The number of fused-ring (bicyclic) bond motifs is 3. The molecule has 3 N–H and O–H groups in total. The first-order valence-corrected chi connectivity index (χ1v) is 8.10. The van der Waals surface area contributed by atoms with Crippen LogP contribution in [0.15, 0.2) is 6.33 Å². The van der Waals surface area contributed by atoms with E-state index in [4.69, 9.17) is 5.73 Å². The Bertz CT molecular complexity index is 692. The maximum absolute atomic E-state index is 11.4. The summed E-state index contributed by atoms with van der Waals surface area (Å²) >= 11 is 1.77. The SMILES string of the molecule is CC(C)(CNc1ncnc2sc3c(c12)CCCC3)C(N)=O. The van der Waals surface area contributed by atoms with Crippen molar-refractivity contribution in [2.45, 2.75) is 39.5 Å². The third-order valence-corrected chi connectivity index (χ3v) is 5.32. The number of carbonyl (C=O) groups excluding carboxylic acids is 1. The van der Waals surface area contributed by atoms with Crippen LogP contribution in [0.1, 0.15) is 37.1 Å². The molecule has 0 spiro atoms. The van der Waals surface area contributed by atoms with Gasteiger partial charge in [-0.05, 0) is 45.1 Å². The summed E-state index contributed by atoms with van der Waals surface area (Å²) in [6, 6.07) is 0. The van der Waals surface area contributed by atoms with E-state index in [1.165, 1.54) is 23.3 Å². The molecule has 6 heteroatoms. The summed E-state index contributed by atoms with van der Waals surface area (Å²) in [6.45, 7) is 4.15. The van der Waals surface area contributed by atoms with Crippen molar-refractivity contribution in [2.75, 3.05) is 11.9 Å². The summed E-state index contributed by atoms with van der Waals surface area (Å²) in [5.74, 6) is 0.515. The van der Waals surface area contributed by atoms with Gasteiger partial charge < -0.3 is 11.1 Å². The van der Waals surface area contributed by atoms with E-state index in [1.807, 2.05) is 13.8 Å². The molecule has 3 rings (SSSR count). The summed E-state index contributed by atoms with van der Waals surface area (Å²) in [4.78, 5) is 22.7. The molecule has 2 heterocycles. The van der Waals surface area contributed by atoms with Gasteiger partial charge in [0.05, 0.1) is 10.8 Å². The van der Waals surface area contributed by atoms with Gasteiger partial charge in [0.15, 0.2) is 0 Å². The number of aryl methyl sites for hydroxylation is 2. The molecule has 1 aliphatic carbocycles. The van der Waals surface area contributed by atoms with Crippen LogP contribution in [0, 0.1) is 5.41 Å². The standard InChI is InChI=1S/C15H20N4OS/c1-15(2,14(16)20)7-17-12-11-9-5-3-4-6-10(9)21-13(11)19-8-18-12/h8H,3-7H2,1-2H3,(H2,16,20)(H,17,18,19). The topological polar surface area (TPSA) is 80.9 Å². The molecule has 5 nitrogen and oxygen atoms in total. The normalized spacial score (nSPS) is 15.0. The highest BCUT2D eigenvalue weighted by atomic mass is 32.1. The van der Waals surface area contributed by atoms with Crippen LogP contribution in [0.3, 0.4) is 0 Å². The minimum atomic E-state index is -0.604. The highest BCUT2D eigenvalue weighted by Crippen LogP contribution is 2.38. The Hall–Kier alpha value is -1.69. The second kappa shape index (κ2) is 5.26. The molecule has 0 saturated heterocycles. The summed E-state index contributed by atoms with van der Waals surface area (Å²) < 4.78 is 0. The third-order valence-electron chi connectivity index (χ3n) is 4.12. The highest BCUT2D eigenvalue weighted by molar-refractivity contribution is 7.19. The maximum Gasteiger partial charge on any atom is 0.224 e. The summed E-state index contributed by atoms with van der Waals surface area (Å²) in [5, 5.41) is 4.44. The predicted molar refractivity (Wildman–Crippen MR) is 85.5 cm³/mol. The zero-order valence-corrected chi connectivity index (χ0v) is 13.2. The van der Waals surface area contributed by atoms with Crippen molar-refractivity contribution in [3.63, 3.8) is 0 Å². The molecule has 2 aromatic heterocycles. The van der Waals surface area contributed by atoms with E-state index < -0.39 is 5.41 Å². The number of nitrogens with one attached hydrogen (secondary N) is 1. The van der Waals surface area contributed by atoms with Crippen molar-refractivity contribution in [3.8, 4) is 0 Å². The lowest BCUT2D eigenvalue weighted by Gasteiger charge is -2.21. The molecule has 0 bridgehead atoms. The highest BCUT2D eigenvalue weighted by Gasteiger charge is 2.26. The van der Waals surface area contributed by atoms with Crippen LogP contribution >= 0.6 is 11.3 Å². The number of hydrogen-bond donors (Lipinski definition) is 2. The van der Waals surface area contributed by atoms with Crippen molar-refractivity contribution in [1.82, 2.24) is 9.97 Å². The summed E-state index contributed by atoms with van der Waals surface area (Å²) in [7, 11) is 0. The van der Waals surface area contributed by atoms with Gasteiger partial charge in [-0.25, -0.2) is 9.97 Å². The summed E-state index contributed by atoms with van der Waals surface area (Å²) in [5.41, 5.74) is 6.21. The average molecular weight is 304 g/mol. The number of primary amides is 1. The molecule has 1 aliphatic rings. The first-order chi connectivity index (χ1) is 9.99. The van der Waals surface area contributed by atoms with Gasteiger partial charge in [0.1, 0.15) is 17.0 Å². The molecule has 0 fully saturated rings. The van der Waals surface area contributed by atoms with Crippen LogP contribution in [0.2, 0.25) is 0 Å². The number of carbonyl (C=O) groups is 1. The number of aromatic nitrogens is 2. The molecule has 0 atom stereocenters. The van der Waals surface area contributed by atoms with Gasteiger partial charge in [-0.3, -0.25) is 4.79 Å². The van der Waals surface area contributed by atoms with Crippen LogP contribution in [-0.2, 0) is 17.6 Å². The minimum Gasteiger partial charge on any atom is -0.369 e. The molecule has 112 valence electrons. The molecule has 21 heavy (non-hydrogen) atoms. The quantitative estimate of drug-likeness (QED) is 0.909. The second-order valence-corrected chi connectivity index (χ2v) is 7.30. The van der Waals surface area contributed by atoms with E-state index in [1.54, 1.807) is 17.7 Å². The Kier molecular flexibility index (Phi) is 3.57. The second-order valence-electron chi connectivity index (χ2n) is 6.22. The molecular weight excluding hydrogens is 284 g/mol. The van der Waals surface area contributed by atoms with Crippen LogP contribution in [-0.4, -0.2) is 22.4 Å². The fraction of sp³-hybridized carbons (Fsp3) is 0.533. The number of thiophene rings is 1. The van der Waals surface area contributed by atoms with Gasteiger partial charge in [0, 0.05) is 11.4 Å². The molecular formula is C15H20N4OS. The molecule has 0 radical (unpaired) electrons. The van der Waals surface area contributed by atoms with Gasteiger partial charge in [-0.15, -0.1) is 11.3 Å². The lowest BCUT2D eigenvalue weighted by atomic mass is 9.92.